The van der Waals surface area contributed by atoms with Gasteiger partial charge < -0.3 is 30.8 Å². The Morgan fingerprint density at radius 1 is 0.341 bits per heavy atom. The summed E-state index contributed by atoms with van der Waals surface area (Å²) < 4.78 is 0. The molecule has 0 N–H and O–H groups in total. The van der Waals surface area contributed by atoms with E-state index < -0.39 is 11.9 Å². The Hall–Kier alpha value is 0.341. The zero-order valence-electron chi connectivity index (χ0n) is 29.3. The van der Waals surface area contributed by atoms with Gasteiger partial charge in [0.05, 0.1) is 0 Å². The van der Waals surface area contributed by atoms with Gasteiger partial charge in [-0.1, -0.05) is 194 Å². The van der Waals surface area contributed by atoms with Crippen LogP contribution in [-0.2, 0) is 42.3 Å². The molecule has 0 spiro atoms. The molecule has 0 aromatic heterocycles. The predicted molar refractivity (Wildman–Crippen MR) is 176 cm³/mol. The third-order valence-electron chi connectivity index (χ3n) is 7.97. The van der Waals surface area contributed by atoms with E-state index in [1.165, 1.54) is 167 Å². The largest absolute Gasteiger partial charge is 4.00 e. The molecule has 0 aromatic rings. The summed E-state index contributed by atoms with van der Waals surface area (Å²) in [7, 11) is 0. The summed E-state index contributed by atoms with van der Waals surface area (Å²) in [4.78, 5) is 20.4. The van der Waals surface area contributed by atoms with Gasteiger partial charge in [-0.2, -0.15) is 0 Å². The third kappa shape index (κ3) is 61.4. The normalized spacial score (nSPS) is 9.86. The Morgan fingerprint density at radius 2 is 0.477 bits per heavy atom. The molecule has 0 rings (SSSR count). The summed E-state index contributed by atoms with van der Waals surface area (Å²) in [6, 6.07) is 0. The molecule has 0 aliphatic carbocycles. The SMILES string of the molecule is CCCCCCCCCCCCCCCCCC(=O)[O-].CCCCCCCCCCCCCCCCCC(=O)[O-].[Mg+2].[O-2].[O-2].[Ti+4]. The molecular formula is C36H70MgO6Ti. The molecule has 0 heterocycles. The first-order chi connectivity index (χ1) is 19.5. The molecule has 44 heavy (non-hydrogen) atoms. The molecule has 0 aliphatic rings. The minimum absolute atomic E-state index is 0. The van der Waals surface area contributed by atoms with Gasteiger partial charge in [-0.15, -0.1) is 0 Å². The molecule has 256 valence electrons. The molecule has 0 unspecified atom stereocenters. The van der Waals surface area contributed by atoms with Crippen molar-refractivity contribution in [3.05, 3.63) is 0 Å². The van der Waals surface area contributed by atoms with Crippen molar-refractivity contribution < 1.29 is 52.5 Å². The standard InChI is InChI=1S/2C18H36O2.Mg.2O.Ti/c2*1-2-3-4-5-6-7-8-9-10-11-12-13-14-15-16-17-18(19)20;;;;/h2*2-17H2,1H3,(H,19,20);;;;/q;;+2;2*-2;+4/p-2. The van der Waals surface area contributed by atoms with Gasteiger partial charge in [0, 0.05) is 11.9 Å². The number of carbonyl (C=O) groups excluding carboxylic acids is 2. The van der Waals surface area contributed by atoms with Crippen molar-refractivity contribution in [1.82, 2.24) is 0 Å². The molecule has 0 atom stereocenters. The average Bonchev–Trinajstić information content (AvgIpc) is 2.93. The van der Waals surface area contributed by atoms with E-state index in [0.29, 0.717) is 0 Å². The van der Waals surface area contributed by atoms with E-state index in [2.05, 4.69) is 13.8 Å². The molecule has 0 saturated carbocycles. The van der Waals surface area contributed by atoms with E-state index in [0.717, 1.165) is 25.7 Å². The van der Waals surface area contributed by atoms with Crippen LogP contribution < -0.4 is 10.2 Å². The Bertz CT molecular complexity index is 467. The van der Waals surface area contributed by atoms with Gasteiger partial charge in [-0.05, 0) is 25.7 Å². The van der Waals surface area contributed by atoms with Crippen molar-refractivity contribution in [3.8, 4) is 0 Å². The van der Waals surface area contributed by atoms with Crippen LogP contribution in [0.1, 0.15) is 219 Å². The van der Waals surface area contributed by atoms with E-state index in [4.69, 9.17) is 0 Å². The Morgan fingerprint density at radius 3 is 0.614 bits per heavy atom. The molecule has 6 nitrogen and oxygen atoms in total. The molecule has 0 radical (unpaired) electrons. The summed E-state index contributed by atoms with van der Waals surface area (Å²) in [5.74, 6) is -1.81. The zero-order valence-corrected chi connectivity index (χ0v) is 32.3. The second-order valence-corrected chi connectivity index (χ2v) is 12.1. The van der Waals surface area contributed by atoms with Crippen molar-refractivity contribution in [2.24, 2.45) is 0 Å². The van der Waals surface area contributed by atoms with Crippen LogP contribution in [0.5, 0.6) is 0 Å². The second-order valence-electron chi connectivity index (χ2n) is 12.1. The fourth-order valence-electron chi connectivity index (χ4n) is 5.28. The van der Waals surface area contributed by atoms with Crippen molar-refractivity contribution in [2.45, 2.75) is 219 Å². The minimum atomic E-state index is -0.903. The molecule has 0 saturated heterocycles. The number of hydrogen-bond acceptors (Lipinski definition) is 4. The van der Waals surface area contributed by atoms with Gasteiger partial charge in [0.1, 0.15) is 0 Å². The minimum Gasteiger partial charge on any atom is -2.00 e. The van der Waals surface area contributed by atoms with E-state index in [-0.39, 0.29) is 68.6 Å². The molecule has 0 bridgehead atoms. The van der Waals surface area contributed by atoms with E-state index in [1.807, 2.05) is 0 Å². The Balaban J connectivity index is -0.000000150. The van der Waals surface area contributed by atoms with Crippen LogP contribution in [0.3, 0.4) is 0 Å². The van der Waals surface area contributed by atoms with E-state index in [1.54, 1.807) is 0 Å². The Labute approximate surface area is 305 Å². The molecule has 8 heteroatoms. The third-order valence-corrected chi connectivity index (χ3v) is 7.97. The zero-order chi connectivity index (χ0) is 29.8. The first-order valence-corrected chi connectivity index (χ1v) is 17.9. The van der Waals surface area contributed by atoms with Crippen molar-refractivity contribution in [1.29, 1.82) is 0 Å². The number of aliphatic carboxylic acids is 2. The molecule has 0 amide bonds. The number of unbranched alkanes of at least 4 members (excludes halogenated alkanes) is 28. The van der Waals surface area contributed by atoms with Crippen molar-refractivity contribution in [3.63, 3.8) is 0 Å². The number of rotatable bonds is 32. The van der Waals surface area contributed by atoms with Crippen molar-refractivity contribution in [2.75, 3.05) is 0 Å². The van der Waals surface area contributed by atoms with Crippen molar-refractivity contribution >= 4 is 35.0 Å². The number of carboxylic acid groups (broad SMARTS) is 2. The second kappa shape index (κ2) is 52.9. The topological polar surface area (TPSA) is 137 Å². The molecular weight excluding hydrogens is 601 g/mol. The fourth-order valence-corrected chi connectivity index (χ4v) is 5.28. The summed E-state index contributed by atoms with van der Waals surface area (Å²) in [6.07, 6.45) is 39.7. The molecule has 0 aliphatic heterocycles. The first-order valence-electron chi connectivity index (χ1n) is 17.9. The monoisotopic (exact) mass is 670 g/mol. The van der Waals surface area contributed by atoms with Gasteiger partial charge in [-0.3, -0.25) is 0 Å². The quantitative estimate of drug-likeness (QED) is 0.0520. The van der Waals surface area contributed by atoms with Crippen LogP contribution >= 0.6 is 0 Å². The van der Waals surface area contributed by atoms with Crippen LogP contribution in [0.25, 0.3) is 0 Å². The number of carboxylic acids is 2. The van der Waals surface area contributed by atoms with E-state index >= 15 is 0 Å². The summed E-state index contributed by atoms with van der Waals surface area (Å²) in [6.45, 7) is 4.53. The maximum absolute atomic E-state index is 10.2. The Kier molecular flexibility index (Phi) is 68.1. The van der Waals surface area contributed by atoms with Gasteiger partial charge in [-0.25, -0.2) is 0 Å². The molecule has 0 fully saturated rings. The van der Waals surface area contributed by atoms with Gasteiger partial charge in [0.2, 0.25) is 0 Å². The number of carbonyl (C=O) groups is 2. The van der Waals surface area contributed by atoms with Crippen LogP contribution in [-0.4, -0.2) is 35.0 Å². The summed E-state index contributed by atoms with van der Waals surface area (Å²) >= 11 is 0. The molecule has 0 aromatic carbocycles. The average molecular weight is 671 g/mol. The van der Waals surface area contributed by atoms with Gasteiger partial charge in [0.15, 0.2) is 0 Å². The maximum atomic E-state index is 10.2. The van der Waals surface area contributed by atoms with Crippen LogP contribution in [0, 0.1) is 0 Å². The fraction of sp³-hybridized carbons (Fsp3) is 0.944. The van der Waals surface area contributed by atoms with Crippen LogP contribution in [0.15, 0.2) is 0 Å². The van der Waals surface area contributed by atoms with Crippen LogP contribution in [0.2, 0.25) is 0 Å². The van der Waals surface area contributed by atoms with E-state index in [9.17, 15) is 19.8 Å². The summed E-state index contributed by atoms with van der Waals surface area (Å²) in [5, 5.41) is 20.4. The van der Waals surface area contributed by atoms with Gasteiger partial charge >= 0.3 is 44.8 Å². The number of hydrogen-bond donors (Lipinski definition) is 0. The van der Waals surface area contributed by atoms with Gasteiger partial charge in [0.25, 0.3) is 0 Å². The first kappa shape index (κ1) is 56.7. The predicted octanol–water partition coefficient (Wildman–Crippen LogP) is 9.37. The summed E-state index contributed by atoms with van der Waals surface area (Å²) in [5.41, 5.74) is 0. The maximum Gasteiger partial charge on any atom is 4.00 e. The smallest absolute Gasteiger partial charge is 2.00 e. The van der Waals surface area contributed by atoms with Crippen LogP contribution in [0.4, 0.5) is 0 Å².